The van der Waals surface area contributed by atoms with Gasteiger partial charge in [-0.3, -0.25) is 4.98 Å². The van der Waals surface area contributed by atoms with Crippen molar-refractivity contribution in [2.24, 2.45) is 0 Å². The molecule has 0 saturated carbocycles. The van der Waals surface area contributed by atoms with E-state index in [1.807, 2.05) is 6.92 Å². The zero-order valence-corrected chi connectivity index (χ0v) is 15.7. The average molecular weight is 392 g/mol. The third-order valence-electron chi connectivity index (χ3n) is 3.62. The number of hydrogen-bond acceptors (Lipinski definition) is 8. The second-order valence-corrected chi connectivity index (χ2v) is 7.48. The summed E-state index contributed by atoms with van der Waals surface area (Å²) in [5.74, 6) is 1.29. The molecule has 0 unspecified atom stereocenters. The van der Waals surface area contributed by atoms with Crippen LogP contribution < -0.4 is 21.1 Å². The maximum absolute atomic E-state index is 12.4. The van der Waals surface area contributed by atoms with Gasteiger partial charge in [0.25, 0.3) is 0 Å². The van der Waals surface area contributed by atoms with Crippen molar-refractivity contribution in [3.8, 4) is 0 Å². The number of rotatable bonds is 8. The van der Waals surface area contributed by atoms with Crippen LogP contribution in [-0.2, 0) is 10.0 Å². The van der Waals surface area contributed by atoms with Crippen LogP contribution in [0.3, 0.4) is 0 Å². The second-order valence-electron chi connectivity index (χ2n) is 5.71. The Morgan fingerprint density at radius 1 is 1.11 bits per heavy atom. The highest BCUT2D eigenvalue weighted by molar-refractivity contribution is 7.89. The van der Waals surface area contributed by atoms with E-state index in [1.165, 1.54) is 18.2 Å². The summed E-state index contributed by atoms with van der Waals surface area (Å²) in [6.45, 7) is 4.98. The number of anilines is 2. The van der Waals surface area contributed by atoms with Gasteiger partial charge in [-0.05, 0) is 32.0 Å². The average Bonchev–Trinajstić information content (AvgIpc) is 2.98. The maximum atomic E-state index is 12.4. The minimum atomic E-state index is -3.72. The molecule has 144 valence electrons. The number of aromatic nitrogens is 3. The maximum Gasteiger partial charge on any atom is 0.417 e. The lowest BCUT2D eigenvalue weighted by atomic mass is 10.3. The molecule has 11 heteroatoms. The summed E-state index contributed by atoms with van der Waals surface area (Å²) < 4.78 is 32.1. The quantitative estimate of drug-likeness (QED) is 0.417. The van der Waals surface area contributed by atoms with Crippen LogP contribution in [0.25, 0.3) is 11.1 Å². The third kappa shape index (κ3) is 4.63. The van der Waals surface area contributed by atoms with E-state index in [1.54, 1.807) is 13.0 Å². The zero-order valence-electron chi connectivity index (χ0n) is 14.9. The van der Waals surface area contributed by atoms with Gasteiger partial charge in [0.2, 0.25) is 10.0 Å². The number of nitrogens with one attached hydrogen (secondary N) is 4. The van der Waals surface area contributed by atoms with Crippen LogP contribution in [0.5, 0.6) is 0 Å². The van der Waals surface area contributed by atoms with E-state index in [-0.39, 0.29) is 11.4 Å². The molecule has 0 spiro atoms. The topological polar surface area (TPSA) is 142 Å². The normalized spacial score (nSPS) is 11.6. The number of H-pyrrole nitrogens is 1. The SMILES string of the molecule is CCNc1cc(NCCNS(=O)(=O)c2ccc3oc(=O)[nH]c3c2)nc(C)n1. The van der Waals surface area contributed by atoms with E-state index >= 15 is 0 Å². The molecule has 3 rings (SSSR count). The van der Waals surface area contributed by atoms with Gasteiger partial charge in [0.1, 0.15) is 17.5 Å². The van der Waals surface area contributed by atoms with Gasteiger partial charge in [-0.1, -0.05) is 0 Å². The number of oxazole rings is 1. The van der Waals surface area contributed by atoms with Crippen molar-refractivity contribution < 1.29 is 12.8 Å². The van der Waals surface area contributed by atoms with Crippen molar-refractivity contribution in [3.05, 3.63) is 40.6 Å². The highest BCUT2D eigenvalue weighted by atomic mass is 32.2. The highest BCUT2D eigenvalue weighted by Gasteiger charge is 2.15. The predicted octanol–water partition coefficient (Wildman–Crippen LogP) is 1.04. The molecule has 0 atom stereocenters. The lowest BCUT2D eigenvalue weighted by Gasteiger charge is -2.10. The number of aryl methyl sites for hydroxylation is 1. The molecule has 0 radical (unpaired) electrons. The van der Waals surface area contributed by atoms with Gasteiger partial charge in [-0.2, -0.15) is 0 Å². The summed E-state index contributed by atoms with van der Waals surface area (Å²) in [5.41, 5.74) is 0.629. The van der Waals surface area contributed by atoms with Gasteiger partial charge >= 0.3 is 5.76 Å². The molecule has 0 saturated heterocycles. The van der Waals surface area contributed by atoms with Gasteiger partial charge in [0.15, 0.2) is 5.58 Å². The standard InChI is InChI=1S/C16H20N6O4S/c1-3-17-14-9-15(21-10(2)20-14)18-6-7-19-27(24,25)11-4-5-13-12(8-11)22-16(23)26-13/h4-5,8-9,19H,3,6-7H2,1-2H3,(H,22,23)(H2,17,18,20,21). The van der Waals surface area contributed by atoms with Crippen LogP contribution in [0.4, 0.5) is 11.6 Å². The molecule has 0 amide bonds. The number of sulfonamides is 1. The van der Waals surface area contributed by atoms with Crippen LogP contribution in [0, 0.1) is 6.92 Å². The van der Waals surface area contributed by atoms with Crippen molar-refractivity contribution in [1.82, 2.24) is 19.7 Å². The van der Waals surface area contributed by atoms with Gasteiger partial charge in [-0.25, -0.2) is 27.9 Å². The number of aromatic amines is 1. The molecule has 0 aliphatic rings. The molecule has 4 N–H and O–H groups in total. The van der Waals surface area contributed by atoms with E-state index < -0.39 is 15.8 Å². The molecular weight excluding hydrogens is 372 g/mol. The lowest BCUT2D eigenvalue weighted by molar-refractivity contribution is 0.555. The zero-order chi connectivity index (χ0) is 19.4. The highest BCUT2D eigenvalue weighted by Crippen LogP contribution is 2.16. The summed E-state index contributed by atoms with van der Waals surface area (Å²) in [6.07, 6.45) is 0. The Morgan fingerprint density at radius 2 is 1.85 bits per heavy atom. The van der Waals surface area contributed by atoms with E-state index in [2.05, 4.69) is 30.3 Å². The Hall–Kier alpha value is -2.92. The molecule has 3 aromatic rings. The summed E-state index contributed by atoms with van der Waals surface area (Å²) in [5, 5.41) is 6.17. The largest absolute Gasteiger partial charge is 0.417 e. The van der Waals surface area contributed by atoms with Crippen molar-refractivity contribution in [3.63, 3.8) is 0 Å². The fraction of sp³-hybridized carbons (Fsp3) is 0.312. The van der Waals surface area contributed by atoms with Gasteiger partial charge in [0, 0.05) is 25.7 Å². The molecule has 0 fully saturated rings. The van der Waals surface area contributed by atoms with Gasteiger partial charge in [-0.15, -0.1) is 0 Å². The molecule has 10 nitrogen and oxygen atoms in total. The van der Waals surface area contributed by atoms with Crippen LogP contribution in [-0.4, -0.2) is 43.0 Å². The van der Waals surface area contributed by atoms with E-state index in [4.69, 9.17) is 4.42 Å². The molecular formula is C16H20N6O4S. The fourth-order valence-electron chi connectivity index (χ4n) is 2.49. The van der Waals surface area contributed by atoms with E-state index in [9.17, 15) is 13.2 Å². The first-order valence-corrected chi connectivity index (χ1v) is 9.81. The Labute approximate surface area is 155 Å². The van der Waals surface area contributed by atoms with Crippen LogP contribution >= 0.6 is 0 Å². The van der Waals surface area contributed by atoms with Crippen molar-refractivity contribution in [2.45, 2.75) is 18.7 Å². The number of fused-ring (bicyclic) bond motifs is 1. The van der Waals surface area contributed by atoms with Crippen LogP contribution in [0.1, 0.15) is 12.7 Å². The number of nitrogens with zero attached hydrogens (tertiary/aromatic N) is 2. The van der Waals surface area contributed by atoms with Crippen molar-refractivity contribution >= 4 is 32.8 Å². The van der Waals surface area contributed by atoms with Crippen LogP contribution in [0.2, 0.25) is 0 Å². The summed E-state index contributed by atoms with van der Waals surface area (Å²) >= 11 is 0. The van der Waals surface area contributed by atoms with Crippen molar-refractivity contribution in [2.75, 3.05) is 30.3 Å². The monoisotopic (exact) mass is 392 g/mol. The molecule has 0 aliphatic carbocycles. The molecule has 2 heterocycles. The first-order chi connectivity index (χ1) is 12.9. The first kappa shape index (κ1) is 18.9. The second kappa shape index (κ2) is 7.76. The number of hydrogen-bond donors (Lipinski definition) is 4. The Kier molecular flexibility index (Phi) is 5.42. The van der Waals surface area contributed by atoms with E-state index in [0.29, 0.717) is 35.1 Å². The molecule has 0 bridgehead atoms. The van der Waals surface area contributed by atoms with Crippen LogP contribution in [0.15, 0.2) is 38.4 Å². The molecule has 0 aliphatic heterocycles. The Bertz CT molecular complexity index is 1110. The molecule has 1 aromatic carbocycles. The Morgan fingerprint density at radius 3 is 2.59 bits per heavy atom. The third-order valence-corrected chi connectivity index (χ3v) is 5.08. The molecule has 2 aromatic heterocycles. The van der Waals surface area contributed by atoms with E-state index in [0.717, 1.165) is 6.54 Å². The van der Waals surface area contributed by atoms with Gasteiger partial charge < -0.3 is 15.1 Å². The summed E-state index contributed by atoms with van der Waals surface area (Å²) in [4.78, 5) is 22.2. The summed E-state index contributed by atoms with van der Waals surface area (Å²) in [6, 6.07) is 5.93. The Balaban J connectivity index is 1.61. The fourth-order valence-corrected chi connectivity index (χ4v) is 3.55. The lowest BCUT2D eigenvalue weighted by Crippen LogP contribution is -2.29. The summed E-state index contributed by atoms with van der Waals surface area (Å²) in [7, 11) is -3.72. The number of benzene rings is 1. The van der Waals surface area contributed by atoms with Gasteiger partial charge in [0.05, 0.1) is 10.4 Å². The predicted molar refractivity (Wildman–Crippen MR) is 101 cm³/mol. The minimum Gasteiger partial charge on any atom is -0.408 e. The first-order valence-electron chi connectivity index (χ1n) is 8.33. The minimum absolute atomic E-state index is 0.0411. The van der Waals surface area contributed by atoms with Crippen molar-refractivity contribution in [1.29, 1.82) is 0 Å². The molecule has 27 heavy (non-hydrogen) atoms. The smallest absolute Gasteiger partial charge is 0.408 e.